The van der Waals surface area contributed by atoms with Crippen molar-refractivity contribution >= 4 is 17.8 Å². The monoisotopic (exact) mass is 400 g/mol. The molecule has 2 aromatic rings. The van der Waals surface area contributed by atoms with Crippen molar-refractivity contribution in [2.24, 2.45) is 0 Å². The second-order valence-electron chi connectivity index (χ2n) is 7.14. The van der Waals surface area contributed by atoms with Crippen LogP contribution < -0.4 is 9.47 Å². The fourth-order valence-electron chi connectivity index (χ4n) is 3.05. The minimum Gasteiger partial charge on any atom is -0.474 e. The number of hydrogen-bond donors (Lipinski definition) is 0. The van der Waals surface area contributed by atoms with Crippen molar-refractivity contribution in [1.29, 1.82) is 0 Å². The van der Waals surface area contributed by atoms with Gasteiger partial charge in [0.25, 0.3) is 0 Å². The Balaban J connectivity index is 1.46. The lowest BCUT2D eigenvalue weighted by molar-refractivity contribution is 0.129. The molecule has 146 valence electrons. The van der Waals surface area contributed by atoms with E-state index in [0.717, 1.165) is 25.9 Å². The van der Waals surface area contributed by atoms with E-state index in [4.69, 9.17) is 17.5 Å². The zero-order chi connectivity index (χ0) is 19.7. The predicted octanol–water partition coefficient (Wildman–Crippen LogP) is 1.84. The standard InChI is InChI=1S/C18H21BN4O4S/c1-12-17(26-13-6-8-23(19)9-7-13)21-11-22-18(12)27-14-2-5-16(20-10-14)28(24,25)15-3-4-15/h2,5,10-11,13,15H,3-4,6-9H2,1H3. The van der Waals surface area contributed by atoms with Gasteiger partial charge in [-0.15, -0.1) is 0 Å². The number of hydrogen-bond acceptors (Lipinski definition) is 8. The van der Waals surface area contributed by atoms with Gasteiger partial charge in [-0.2, -0.15) is 0 Å². The van der Waals surface area contributed by atoms with Crippen molar-refractivity contribution < 1.29 is 17.9 Å². The topological polar surface area (TPSA) is 94.5 Å². The number of sulfone groups is 1. The molecule has 0 N–H and O–H groups in total. The van der Waals surface area contributed by atoms with Gasteiger partial charge in [-0.25, -0.2) is 23.4 Å². The van der Waals surface area contributed by atoms with Gasteiger partial charge in [0.1, 0.15) is 18.2 Å². The third-order valence-corrected chi connectivity index (χ3v) is 7.10. The van der Waals surface area contributed by atoms with Crippen LogP contribution in [-0.4, -0.2) is 60.6 Å². The Morgan fingerprint density at radius 2 is 1.79 bits per heavy atom. The largest absolute Gasteiger partial charge is 0.474 e. The summed E-state index contributed by atoms with van der Waals surface area (Å²) in [4.78, 5) is 14.2. The second-order valence-corrected chi connectivity index (χ2v) is 9.32. The lowest BCUT2D eigenvalue weighted by Gasteiger charge is -2.29. The summed E-state index contributed by atoms with van der Waals surface area (Å²) in [5.74, 6) is 1.22. The summed E-state index contributed by atoms with van der Waals surface area (Å²) in [5, 5.41) is -0.209. The van der Waals surface area contributed by atoms with E-state index in [-0.39, 0.29) is 16.4 Å². The van der Waals surface area contributed by atoms with Gasteiger partial charge in [0.2, 0.25) is 11.8 Å². The zero-order valence-electron chi connectivity index (χ0n) is 15.6. The van der Waals surface area contributed by atoms with Crippen LogP contribution in [0.1, 0.15) is 31.2 Å². The Morgan fingerprint density at radius 1 is 1.07 bits per heavy atom. The van der Waals surface area contributed by atoms with E-state index in [1.54, 1.807) is 10.9 Å². The molecule has 1 saturated carbocycles. The van der Waals surface area contributed by atoms with Gasteiger partial charge in [-0.1, -0.05) is 0 Å². The molecule has 2 aromatic heterocycles. The minimum atomic E-state index is -3.32. The maximum Gasteiger partial charge on any atom is 0.229 e. The summed E-state index contributed by atoms with van der Waals surface area (Å²) < 4.78 is 36.2. The van der Waals surface area contributed by atoms with E-state index in [9.17, 15) is 8.42 Å². The predicted molar refractivity (Wildman–Crippen MR) is 102 cm³/mol. The average Bonchev–Trinajstić information content (AvgIpc) is 3.53. The van der Waals surface area contributed by atoms with Crippen LogP contribution in [0.15, 0.2) is 29.7 Å². The molecular formula is C18H21BN4O4S. The van der Waals surface area contributed by atoms with E-state index in [0.29, 0.717) is 35.9 Å². The smallest absolute Gasteiger partial charge is 0.229 e. The van der Waals surface area contributed by atoms with Gasteiger partial charge < -0.3 is 14.3 Å². The van der Waals surface area contributed by atoms with Crippen molar-refractivity contribution in [1.82, 2.24) is 19.8 Å². The fraction of sp³-hybridized carbons (Fsp3) is 0.500. The molecule has 0 amide bonds. The molecule has 2 aliphatic rings. The molecule has 0 bridgehead atoms. The van der Waals surface area contributed by atoms with Gasteiger partial charge >= 0.3 is 0 Å². The second kappa shape index (κ2) is 7.67. The minimum absolute atomic E-state index is 0.0508. The Bertz CT molecular complexity index is 943. The highest BCUT2D eigenvalue weighted by Gasteiger charge is 2.37. The van der Waals surface area contributed by atoms with Crippen LogP contribution >= 0.6 is 0 Å². The highest BCUT2D eigenvalue weighted by atomic mass is 32.2. The molecule has 0 atom stereocenters. The van der Waals surface area contributed by atoms with E-state index < -0.39 is 9.84 Å². The molecule has 2 radical (unpaired) electrons. The number of nitrogens with zero attached hydrogens (tertiary/aromatic N) is 4. The summed E-state index contributed by atoms with van der Waals surface area (Å²) in [6.07, 6.45) is 5.90. The lowest BCUT2D eigenvalue weighted by Crippen LogP contribution is -2.36. The molecule has 0 aromatic carbocycles. The third kappa shape index (κ3) is 4.12. The van der Waals surface area contributed by atoms with Crippen molar-refractivity contribution in [2.75, 3.05) is 13.1 Å². The molecule has 1 aliphatic heterocycles. The van der Waals surface area contributed by atoms with Crippen LogP contribution in [0.2, 0.25) is 0 Å². The zero-order valence-corrected chi connectivity index (χ0v) is 16.4. The van der Waals surface area contributed by atoms with Crippen molar-refractivity contribution in [3.63, 3.8) is 0 Å². The van der Waals surface area contributed by atoms with E-state index in [1.165, 1.54) is 18.6 Å². The number of ether oxygens (including phenoxy) is 2. The summed E-state index contributed by atoms with van der Waals surface area (Å²) in [5.41, 5.74) is 0.673. The first-order valence-electron chi connectivity index (χ1n) is 9.29. The van der Waals surface area contributed by atoms with Crippen LogP contribution in [0.3, 0.4) is 0 Å². The Labute approximate surface area is 165 Å². The molecule has 0 spiro atoms. The van der Waals surface area contributed by atoms with Crippen LogP contribution in [-0.2, 0) is 9.84 Å². The first kappa shape index (κ1) is 19.1. The Hall–Kier alpha value is -2.20. The maximum atomic E-state index is 12.2. The van der Waals surface area contributed by atoms with Gasteiger partial charge in [0, 0.05) is 0 Å². The highest BCUT2D eigenvalue weighted by molar-refractivity contribution is 7.92. The number of piperidine rings is 1. The molecule has 1 aliphatic carbocycles. The molecule has 1 saturated heterocycles. The first-order valence-corrected chi connectivity index (χ1v) is 10.8. The van der Waals surface area contributed by atoms with E-state index >= 15 is 0 Å². The molecule has 10 heteroatoms. The first-order chi connectivity index (χ1) is 13.4. The highest BCUT2D eigenvalue weighted by Crippen LogP contribution is 2.34. The summed E-state index contributed by atoms with van der Waals surface area (Å²) >= 11 is 0. The molecule has 4 rings (SSSR count). The Kier molecular flexibility index (Phi) is 5.24. The van der Waals surface area contributed by atoms with E-state index in [2.05, 4.69) is 15.0 Å². The molecule has 2 fully saturated rings. The van der Waals surface area contributed by atoms with Gasteiger partial charge in [-0.3, -0.25) is 0 Å². The van der Waals surface area contributed by atoms with Gasteiger partial charge in [-0.05, 0) is 57.8 Å². The van der Waals surface area contributed by atoms with Crippen molar-refractivity contribution in [3.05, 3.63) is 30.2 Å². The summed E-state index contributed by atoms with van der Waals surface area (Å²) in [6, 6.07) is 3.05. The van der Waals surface area contributed by atoms with Crippen LogP contribution in [0, 0.1) is 6.92 Å². The molecule has 3 heterocycles. The number of aromatic nitrogens is 3. The van der Waals surface area contributed by atoms with Gasteiger partial charge in [0.15, 0.2) is 22.8 Å². The summed E-state index contributed by atoms with van der Waals surface area (Å²) in [6.45, 7) is 3.38. The maximum absolute atomic E-state index is 12.2. The van der Waals surface area contributed by atoms with Crippen LogP contribution in [0.5, 0.6) is 17.5 Å². The molecule has 28 heavy (non-hydrogen) atoms. The quantitative estimate of drug-likeness (QED) is 0.678. The Morgan fingerprint density at radius 3 is 2.43 bits per heavy atom. The SMILES string of the molecule is [B]N1CCC(Oc2ncnc(Oc3ccc(S(=O)(=O)C4CC4)nc3)c2C)CC1. The average molecular weight is 400 g/mol. The van der Waals surface area contributed by atoms with Crippen LogP contribution in [0.25, 0.3) is 0 Å². The molecule has 0 unspecified atom stereocenters. The van der Waals surface area contributed by atoms with Crippen LogP contribution in [0.4, 0.5) is 0 Å². The lowest BCUT2D eigenvalue weighted by atomic mass is 10.0. The fourth-order valence-corrected chi connectivity index (χ4v) is 4.60. The van der Waals surface area contributed by atoms with Crippen molar-refractivity contribution in [3.8, 4) is 17.5 Å². The third-order valence-electron chi connectivity index (χ3n) is 4.92. The van der Waals surface area contributed by atoms with Gasteiger partial charge in [0.05, 0.1) is 17.0 Å². The number of rotatable bonds is 6. The molecule has 8 nitrogen and oxygen atoms in total. The number of pyridine rings is 1. The van der Waals surface area contributed by atoms with Crippen molar-refractivity contribution in [2.45, 2.75) is 49.0 Å². The van der Waals surface area contributed by atoms with E-state index in [1.807, 2.05) is 6.92 Å². The normalized spacial score (nSPS) is 18.8. The molecular weight excluding hydrogens is 379 g/mol. The summed E-state index contributed by atoms with van der Waals surface area (Å²) in [7, 11) is 2.46.